The molecule has 2 atom stereocenters. The number of benzene rings is 2. The second kappa shape index (κ2) is 15.9. The first-order chi connectivity index (χ1) is 19.9. The number of ketones is 2. The van der Waals surface area contributed by atoms with Gasteiger partial charge < -0.3 is 5.32 Å². The standard InChI is InChI=1S/C33H40ClN3O3S/c1-2-28(38)21-25(22-32-36-30-16-13-26(34)23-31(30)41-32)33(40)35-27(20-24-10-5-3-6-11-24)14-15-29(39)12-9-19-37-17-7-4-8-18-37/h3,5-6,9-13,16,23,25,27H,2,4,7-8,14-15,17-22H2,1H3,(H,35,40)/b12-9+/t25-,27+/m0/s1. The van der Waals surface area contributed by atoms with Crippen LogP contribution >= 0.6 is 22.9 Å². The summed E-state index contributed by atoms with van der Waals surface area (Å²) < 4.78 is 0.960. The number of carbonyl (C=O) groups excluding carboxylic acids is 3. The van der Waals surface area contributed by atoms with E-state index in [9.17, 15) is 14.4 Å². The third-order valence-electron chi connectivity index (χ3n) is 7.58. The highest BCUT2D eigenvalue weighted by molar-refractivity contribution is 7.18. The second-order valence-electron chi connectivity index (χ2n) is 10.9. The van der Waals surface area contributed by atoms with Crippen molar-refractivity contribution in [1.82, 2.24) is 15.2 Å². The number of fused-ring (bicyclic) bond motifs is 1. The van der Waals surface area contributed by atoms with Gasteiger partial charge in [0.15, 0.2) is 5.78 Å². The van der Waals surface area contributed by atoms with Crippen LogP contribution in [0.3, 0.4) is 0 Å². The monoisotopic (exact) mass is 593 g/mol. The Labute approximate surface area is 252 Å². The molecule has 0 unspecified atom stereocenters. The Bertz CT molecular complexity index is 1330. The van der Waals surface area contributed by atoms with Gasteiger partial charge in [-0.1, -0.05) is 61.4 Å². The lowest BCUT2D eigenvalue weighted by Gasteiger charge is -2.24. The molecule has 8 heteroatoms. The summed E-state index contributed by atoms with van der Waals surface area (Å²) in [5, 5.41) is 4.65. The molecule has 41 heavy (non-hydrogen) atoms. The molecule has 0 spiro atoms. The van der Waals surface area contributed by atoms with Crippen molar-refractivity contribution >= 4 is 50.6 Å². The highest BCUT2D eigenvalue weighted by atomic mass is 35.5. The van der Waals surface area contributed by atoms with Crippen LogP contribution in [-0.2, 0) is 27.2 Å². The molecule has 0 saturated carbocycles. The summed E-state index contributed by atoms with van der Waals surface area (Å²) in [4.78, 5) is 45.9. The van der Waals surface area contributed by atoms with E-state index in [0.717, 1.165) is 40.4 Å². The van der Waals surface area contributed by atoms with Crippen LogP contribution in [0, 0.1) is 5.92 Å². The van der Waals surface area contributed by atoms with Gasteiger partial charge in [-0.15, -0.1) is 11.3 Å². The smallest absolute Gasteiger partial charge is 0.224 e. The van der Waals surface area contributed by atoms with E-state index in [1.807, 2.05) is 55.5 Å². The second-order valence-corrected chi connectivity index (χ2v) is 12.4. The highest BCUT2D eigenvalue weighted by Crippen LogP contribution is 2.28. The van der Waals surface area contributed by atoms with E-state index in [1.165, 1.54) is 30.6 Å². The zero-order valence-corrected chi connectivity index (χ0v) is 25.4. The number of thiazole rings is 1. The maximum Gasteiger partial charge on any atom is 0.224 e. The van der Waals surface area contributed by atoms with E-state index >= 15 is 0 Å². The molecule has 0 bridgehead atoms. The summed E-state index contributed by atoms with van der Waals surface area (Å²) in [6.07, 6.45) is 9.82. The largest absolute Gasteiger partial charge is 0.353 e. The molecule has 0 radical (unpaired) electrons. The fourth-order valence-corrected chi connectivity index (χ4v) is 6.56. The quantitative estimate of drug-likeness (QED) is 0.201. The lowest BCUT2D eigenvalue weighted by Crippen LogP contribution is -2.41. The summed E-state index contributed by atoms with van der Waals surface area (Å²) in [5.74, 6) is -0.585. The van der Waals surface area contributed by atoms with Gasteiger partial charge in [0, 0.05) is 43.3 Å². The number of likely N-dealkylation sites (tertiary alicyclic amines) is 1. The average molecular weight is 594 g/mol. The van der Waals surface area contributed by atoms with Crippen molar-refractivity contribution in [3.63, 3.8) is 0 Å². The van der Waals surface area contributed by atoms with E-state index < -0.39 is 5.92 Å². The number of halogens is 1. The zero-order valence-electron chi connectivity index (χ0n) is 23.8. The first kappa shape index (κ1) is 31.1. The first-order valence-electron chi connectivity index (χ1n) is 14.7. The van der Waals surface area contributed by atoms with Gasteiger partial charge >= 0.3 is 0 Å². The Kier molecular flexibility index (Phi) is 12.1. The van der Waals surface area contributed by atoms with Crippen molar-refractivity contribution in [1.29, 1.82) is 0 Å². The highest BCUT2D eigenvalue weighted by Gasteiger charge is 2.26. The molecule has 1 aromatic heterocycles. The predicted molar refractivity (Wildman–Crippen MR) is 167 cm³/mol. The third-order valence-corrected chi connectivity index (χ3v) is 8.86. The lowest BCUT2D eigenvalue weighted by molar-refractivity contribution is -0.130. The van der Waals surface area contributed by atoms with Gasteiger partial charge in [-0.2, -0.15) is 0 Å². The molecule has 218 valence electrons. The van der Waals surface area contributed by atoms with Crippen molar-refractivity contribution in [2.75, 3.05) is 19.6 Å². The Morgan fingerprint density at radius 1 is 1.07 bits per heavy atom. The first-order valence-corrected chi connectivity index (χ1v) is 15.9. The molecular formula is C33H40ClN3O3S. The lowest BCUT2D eigenvalue weighted by atomic mass is 9.94. The topological polar surface area (TPSA) is 79.4 Å². The molecule has 2 aromatic carbocycles. The van der Waals surface area contributed by atoms with Gasteiger partial charge in [0.25, 0.3) is 0 Å². The average Bonchev–Trinajstić information content (AvgIpc) is 3.38. The molecule has 1 fully saturated rings. The van der Waals surface area contributed by atoms with Crippen molar-refractivity contribution in [2.24, 2.45) is 5.92 Å². The van der Waals surface area contributed by atoms with Crippen LogP contribution in [0.15, 0.2) is 60.7 Å². The van der Waals surface area contributed by atoms with E-state index in [4.69, 9.17) is 16.6 Å². The fourth-order valence-electron chi connectivity index (χ4n) is 5.24. The van der Waals surface area contributed by atoms with Crippen molar-refractivity contribution in [3.05, 3.63) is 76.3 Å². The molecule has 3 aromatic rings. The van der Waals surface area contributed by atoms with Crippen LogP contribution in [0.2, 0.25) is 5.02 Å². The number of amides is 1. The summed E-state index contributed by atoms with van der Waals surface area (Å²) in [6.45, 7) is 4.81. The third kappa shape index (κ3) is 10.2. The normalized spacial score (nSPS) is 15.7. The maximum absolute atomic E-state index is 13.6. The Hall–Kier alpha value is -2.87. The van der Waals surface area contributed by atoms with Crippen LogP contribution in [0.4, 0.5) is 0 Å². The number of Topliss-reactive ketones (excluding diaryl/α,β-unsaturated/α-hetero) is 1. The number of aromatic nitrogens is 1. The van der Waals surface area contributed by atoms with Gasteiger partial charge in [0.1, 0.15) is 5.78 Å². The molecule has 2 heterocycles. The number of hydrogen-bond acceptors (Lipinski definition) is 6. The minimum Gasteiger partial charge on any atom is -0.353 e. The van der Waals surface area contributed by atoms with Gasteiger partial charge in [0.2, 0.25) is 5.91 Å². The number of nitrogens with zero attached hydrogens (tertiary/aromatic N) is 2. The summed E-state index contributed by atoms with van der Waals surface area (Å²) in [5.41, 5.74) is 1.93. The van der Waals surface area contributed by atoms with E-state index in [1.54, 1.807) is 12.1 Å². The molecule has 0 aliphatic carbocycles. The molecule has 1 aliphatic heterocycles. The van der Waals surface area contributed by atoms with Gasteiger partial charge in [-0.05, 0) is 68.6 Å². The molecular weight excluding hydrogens is 554 g/mol. The molecule has 1 amide bonds. The van der Waals surface area contributed by atoms with E-state index in [0.29, 0.717) is 37.1 Å². The number of nitrogens with one attached hydrogen (secondary N) is 1. The zero-order chi connectivity index (χ0) is 29.0. The molecule has 6 nitrogen and oxygen atoms in total. The number of rotatable bonds is 15. The van der Waals surface area contributed by atoms with Crippen LogP contribution in [-0.4, -0.2) is 53.0 Å². The Balaban J connectivity index is 1.42. The number of allylic oxidation sites excluding steroid dienone is 1. The summed E-state index contributed by atoms with van der Waals surface area (Å²) in [7, 11) is 0. The Morgan fingerprint density at radius 3 is 2.61 bits per heavy atom. The minimum atomic E-state index is -0.531. The van der Waals surface area contributed by atoms with Crippen LogP contribution in [0.5, 0.6) is 0 Å². The maximum atomic E-state index is 13.6. The minimum absolute atomic E-state index is 0.0444. The summed E-state index contributed by atoms with van der Waals surface area (Å²) >= 11 is 7.65. The number of hydrogen-bond donors (Lipinski definition) is 1. The van der Waals surface area contributed by atoms with Crippen molar-refractivity contribution < 1.29 is 14.4 Å². The van der Waals surface area contributed by atoms with Gasteiger partial charge in [0.05, 0.1) is 21.1 Å². The molecule has 1 N–H and O–H groups in total. The van der Waals surface area contributed by atoms with Gasteiger partial charge in [-0.25, -0.2) is 4.98 Å². The fraction of sp³-hybridized carbons (Fsp3) is 0.455. The molecule has 1 aliphatic rings. The Morgan fingerprint density at radius 2 is 1.85 bits per heavy atom. The van der Waals surface area contributed by atoms with E-state index in [-0.39, 0.29) is 29.9 Å². The predicted octanol–water partition coefficient (Wildman–Crippen LogP) is 6.60. The molecule has 4 rings (SSSR count). The van der Waals surface area contributed by atoms with Gasteiger partial charge in [-0.3, -0.25) is 19.3 Å². The summed E-state index contributed by atoms with van der Waals surface area (Å²) in [6, 6.07) is 15.3. The van der Waals surface area contributed by atoms with Crippen molar-refractivity contribution in [3.8, 4) is 0 Å². The number of carbonyl (C=O) groups is 3. The van der Waals surface area contributed by atoms with Crippen LogP contribution in [0.1, 0.15) is 62.4 Å². The molecule has 1 saturated heterocycles. The SMILES string of the molecule is CCC(=O)C[C@@H](Cc1nc2ccc(Cl)cc2s1)C(=O)N[C@H](CCC(=O)/C=C/CN1CCCCC1)Cc1ccccc1. The van der Waals surface area contributed by atoms with Crippen molar-refractivity contribution in [2.45, 2.75) is 70.8 Å². The number of piperidine rings is 1. The van der Waals surface area contributed by atoms with E-state index in [2.05, 4.69) is 10.2 Å². The van der Waals surface area contributed by atoms with Crippen LogP contribution in [0.25, 0.3) is 10.2 Å². The van der Waals surface area contributed by atoms with Crippen LogP contribution < -0.4 is 5.32 Å².